The quantitative estimate of drug-likeness (QED) is 0.406. The first-order valence-corrected chi connectivity index (χ1v) is 12.7. The molecule has 0 spiro atoms. The number of aromatic nitrogens is 4. The maximum atomic E-state index is 13.0. The second kappa shape index (κ2) is 10.9. The van der Waals surface area contributed by atoms with Gasteiger partial charge in [-0.1, -0.05) is 12.1 Å². The summed E-state index contributed by atoms with van der Waals surface area (Å²) in [4.78, 5) is 48.6. The normalized spacial score (nSPS) is 14.8. The van der Waals surface area contributed by atoms with Crippen LogP contribution in [-0.4, -0.2) is 44.3 Å². The van der Waals surface area contributed by atoms with Gasteiger partial charge in [-0.25, -0.2) is 9.78 Å². The third-order valence-electron chi connectivity index (χ3n) is 6.95. The van der Waals surface area contributed by atoms with Crippen LogP contribution in [-0.2, 0) is 42.0 Å². The fraction of sp³-hybridized carbons (Fsp3) is 0.321. The second-order valence-electron chi connectivity index (χ2n) is 9.39. The Balaban J connectivity index is 1.50. The first-order valence-electron chi connectivity index (χ1n) is 12.7. The molecule has 38 heavy (non-hydrogen) atoms. The van der Waals surface area contributed by atoms with Gasteiger partial charge in [0.2, 0.25) is 5.91 Å². The smallest absolute Gasteiger partial charge is 0.414 e. The highest BCUT2D eigenvalue weighted by Gasteiger charge is 2.31. The van der Waals surface area contributed by atoms with Gasteiger partial charge in [0.15, 0.2) is 0 Å². The summed E-state index contributed by atoms with van der Waals surface area (Å²) in [5.74, 6) is 0.540. The summed E-state index contributed by atoms with van der Waals surface area (Å²) in [6, 6.07) is 12.6. The number of carbonyl (C=O) groups excluding carboxylic acids is 2. The summed E-state index contributed by atoms with van der Waals surface area (Å²) in [6.45, 7) is 2.87. The summed E-state index contributed by atoms with van der Waals surface area (Å²) >= 11 is 0. The number of imidazole rings is 1. The van der Waals surface area contributed by atoms with Crippen molar-refractivity contribution < 1.29 is 14.3 Å². The number of amides is 2. The largest absolute Gasteiger partial charge is 0.452 e. The van der Waals surface area contributed by atoms with Crippen LogP contribution < -0.4 is 15.8 Å². The van der Waals surface area contributed by atoms with Crippen LogP contribution in [0.4, 0.5) is 10.5 Å². The first kappa shape index (κ1) is 25.2. The molecule has 196 valence electrons. The Labute approximate surface area is 219 Å². The molecule has 1 atom stereocenters. The average Bonchev–Trinajstić information content (AvgIpc) is 3.28. The van der Waals surface area contributed by atoms with Gasteiger partial charge in [-0.3, -0.25) is 19.5 Å². The van der Waals surface area contributed by atoms with Gasteiger partial charge in [-0.2, -0.15) is 0 Å². The molecule has 0 fully saturated rings. The van der Waals surface area contributed by atoms with E-state index in [-0.39, 0.29) is 24.1 Å². The Morgan fingerprint density at radius 1 is 1.16 bits per heavy atom. The van der Waals surface area contributed by atoms with Crippen molar-refractivity contribution in [2.45, 2.75) is 51.9 Å². The van der Waals surface area contributed by atoms with Crippen molar-refractivity contribution in [3.8, 4) is 0 Å². The highest BCUT2D eigenvalue weighted by Crippen LogP contribution is 2.36. The van der Waals surface area contributed by atoms with Gasteiger partial charge in [0.1, 0.15) is 12.4 Å². The number of benzene rings is 1. The molecule has 3 aromatic heterocycles. The number of rotatable bonds is 7. The number of nitrogens with one attached hydrogen (secondary N) is 1. The minimum Gasteiger partial charge on any atom is -0.452 e. The van der Waals surface area contributed by atoms with Crippen LogP contribution in [0, 0.1) is 0 Å². The lowest BCUT2D eigenvalue weighted by atomic mass is 9.96. The molecule has 10 heteroatoms. The Morgan fingerprint density at radius 3 is 2.79 bits per heavy atom. The van der Waals surface area contributed by atoms with Gasteiger partial charge < -0.3 is 19.2 Å². The Kier molecular flexibility index (Phi) is 7.21. The summed E-state index contributed by atoms with van der Waals surface area (Å²) in [5, 5.41) is 2.96. The van der Waals surface area contributed by atoms with Crippen molar-refractivity contribution in [2.24, 2.45) is 0 Å². The fourth-order valence-corrected chi connectivity index (χ4v) is 4.99. The van der Waals surface area contributed by atoms with Crippen LogP contribution >= 0.6 is 0 Å². The van der Waals surface area contributed by atoms with Gasteiger partial charge in [-0.05, 0) is 49.6 Å². The van der Waals surface area contributed by atoms with Crippen LogP contribution in [0.1, 0.15) is 30.3 Å². The molecule has 0 saturated heterocycles. The monoisotopic (exact) mass is 514 g/mol. The SMILES string of the molecule is COC(=O)N1c2ccc3c(nc(CCn4ccccc4=O)n3CC(=O)NCc3cccnc3)c2CC[C@@H]1C. The zero-order valence-corrected chi connectivity index (χ0v) is 21.5. The van der Waals surface area contributed by atoms with Crippen LogP contribution in [0.5, 0.6) is 0 Å². The van der Waals surface area contributed by atoms with E-state index in [0.29, 0.717) is 25.3 Å². The predicted molar refractivity (Wildman–Crippen MR) is 143 cm³/mol. The molecule has 1 N–H and O–H groups in total. The van der Waals surface area contributed by atoms with Crippen molar-refractivity contribution >= 4 is 28.7 Å². The summed E-state index contributed by atoms with van der Waals surface area (Å²) < 4.78 is 8.58. The molecular formula is C28H30N6O4. The molecule has 0 aliphatic carbocycles. The maximum Gasteiger partial charge on any atom is 0.414 e. The molecule has 4 aromatic rings. The van der Waals surface area contributed by atoms with Crippen molar-refractivity contribution in [2.75, 3.05) is 12.0 Å². The molecule has 1 aromatic carbocycles. The molecule has 2 amide bonds. The zero-order valence-electron chi connectivity index (χ0n) is 21.5. The number of carbonyl (C=O) groups is 2. The van der Waals surface area contributed by atoms with Crippen molar-refractivity contribution in [3.05, 3.63) is 88.4 Å². The third kappa shape index (κ3) is 5.02. The molecule has 0 saturated carbocycles. The number of ether oxygens (including phenoxy) is 1. The number of hydrogen-bond acceptors (Lipinski definition) is 6. The maximum absolute atomic E-state index is 13.0. The van der Waals surface area contributed by atoms with Crippen molar-refractivity contribution in [3.63, 3.8) is 0 Å². The Morgan fingerprint density at radius 2 is 2.03 bits per heavy atom. The molecule has 4 heterocycles. The van der Waals surface area contributed by atoms with Crippen molar-refractivity contribution in [1.82, 2.24) is 24.4 Å². The summed E-state index contributed by atoms with van der Waals surface area (Å²) in [6.07, 6.45) is 6.73. The van der Waals surface area contributed by atoms with Gasteiger partial charge in [0, 0.05) is 55.8 Å². The van der Waals surface area contributed by atoms with E-state index in [1.165, 1.54) is 13.2 Å². The molecule has 0 bridgehead atoms. The van der Waals surface area contributed by atoms with E-state index in [0.717, 1.165) is 40.7 Å². The Hall–Kier alpha value is -4.47. The average molecular weight is 515 g/mol. The standard InChI is InChI=1S/C28H30N6O4/c1-19-8-9-21-22(34(19)28(37)38-2)10-11-23-27(21)31-24(12-15-32-14-4-3-7-26(32)36)33(23)18-25(35)30-17-20-6-5-13-29-16-20/h3-7,10-11,13-14,16,19H,8-9,12,15,17-18H2,1-2H3,(H,30,35)/t19-/m0/s1. The van der Waals surface area contributed by atoms with E-state index in [4.69, 9.17) is 9.72 Å². The molecule has 0 radical (unpaired) electrons. The lowest BCUT2D eigenvalue weighted by Gasteiger charge is -2.34. The van der Waals surface area contributed by atoms with E-state index < -0.39 is 6.09 Å². The minimum absolute atomic E-state index is 0.00262. The van der Waals surface area contributed by atoms with Gasteiger partial charge in [0.25, 0.3) is 5.56 Å². The first-order chi connectivity index (χ1) is 18.5. The summed E-state index contributed by atoms with van der Waals surface area (Å²) in [7, 11) is 1.38. The Bertz CT molecular complexity index is 1530. The van der Waals surface area contributed by atoms with Gasteiger partial charge in [0.05, 0.1) is 23.8 Å². The third-order valence-corrected chi connectivity index (χ3v) is 6.95. The van der Waals surface area contributed by atoms with Gasteiger partial charge >= 0.3 is 6.09 Å². The van der Waals surface area contributed by atoms with E-state index in [1.807, 2.05) is 41.8 Å². The molecule has 5 rings (SSSR count). The fourth-order valence-electron chi connectivity index (χ4n) is 4.99. The topological polar surface area (TPSA) is 111 Å². The van der Waals surface area contributed by atoms with E-state index in [9.17, 15) is 14.4 Å². The van der Waals surface area contributed by atoms with Crippen molar-refractivity contribution in [1.29, 1.82) is 0 Å². The number of methoxy groups -OCH3 is 1. The molecule has 10 nitrogen and oxygen atoms in total. The number of hydrogen-bond donors (Lipinski definition) is 1. The van der Waals surface area contributed by atoms with Crippen LogP contribution in [0.15, 0.2) is 65.8 Å². The molecule has 1 aliphatic rings. The lowest BCUT2D eigenvalue weighted by molar-refractivity contribution is -0.121. The van der Waals surface area contributed by atoms with Crippen LogP contribution in [0.25, 0.3) is 11.0 Å². The number of fused-ring (bicyclic) bond motifs is 3. The lowest BCUT2D eigenvalue weighted by Crippen LogP contribution is -2.42. The second-order valence-corrected chi connectivity index (χ2v) is 9.39. The highest BCUT2D eigenvalue weighted by molar-refractivity contribution is 5.95. The predicted octanol–water partition coefficient (Wildman–Crippen LogP) is 3.06. The summed E-state index contributed by atoms with van der Waals surface area (Å²) in [5.41, 5.74) is 4.13. The number of nitrogens with zero attached hydrogens (tertiary/aromatic N) is 5. The molecule has 1 aliphatic heterocycles. The molecular weight excluding hydrogens is 484 g/mol. The number of anilines is 1. The highest BCUT2D eigenvalue weighted by atomic mass is 16.5. The number of pyridine rings is 2. The van der Waals surface area contributed by atoms with Crippen LogP contribution in [0.3, 0.4) is 0 Å². The van der Waals surface area contributed by atoms with E-state index in [2.05, 4.69) is 10.3 Å². The van der Waals surface area contributed by atoms with Crippen LogP contribution in [0.2, 0.25) is 0 Å². The number of aryl methyl sites for hydroxylation is 3. The molecule has 0 unspecified atom stereocenters. The minimum atomic E-state index is -0.407. The van der Waals surface area contributed by atoms with E-state index in [1.54, 1.807) is 34.1 Å². The van der Waals surface area contributed by atoms with Gasteiger partial charge in [-0.15, -0.1) is 0 Å². The zero-order chi connectivity index (χ0) is 26.6. The van der Waals surface area contributed by atoms with E-state index >= 15 is 0 Å².